The largest absolute Gasteiger partial charge is 0.481 e. The third-order valence-electron chi connectivity index (χ3n) is 5.10. The van der Waals surface area contributed by atoms with Gasteiger partial charge in [0, 0.05) is 5.92 Å². The average molecular weight is 369 g/mol. The maximum absolute atomic E-state index is 12.1. The van der Waals surface area contributed by atoms with E-state index in [9.17, 15) is 14.7 Å². The number of carboxylic acid groups (broad SMARTS) is 1. The van der Waals surface area contributed by atoms with E-state index in [-0.39, 0.29) is 12.5 Å². The van der Waals surface area contributed by atoms with Crippen molar-refractivity contribution in [3.05, 3.63) is 59.7 Å². The first-order valence-electron chi connectivity index (χ1n) is 8.92. The van der Waals surface area contributed by atoms with Gasteiger partial charge >= 0.3 is 12.1 Å². The van der Waals surface area contributed by atoms with Crippen LogP contribution in [0.5, 0.6) is 0 Å². The molecule has 3 rings (SSSR count). The van der Waals surface area contributed by atoms with Gasteiger partial charge in [0.2, 0.25) is 0 Å². The van der Waals surface area contributed by atoms with Gasteiger partial charge in [0.25, 0.3) is 0 Å². The molecule has 142 valence electrons. The molecule has 0 spiro atoms. The molecule has 0 radical (unpaired) electrons. The van der Waals surface area contributed by atoms with Crippen molar-refractivity contribution in [3.8, 4) is 11.1 Å². The molecule has 6 heteroatoms. The number of amides is 1. The highest BCUT2D eigenvalue weighted by atomic mass is 16.5. The maximum atomic E-state index is 12.1. The molecular formula is C21H23NO5. The van der Waals surface area contributed by atoms with Crippen LogP contribution in [-0.4, -0.2) is 41.0 Å². The first kappa shape index (κ1) is 18.9. The SMILES string of the molecule is C[C@H](C(=O)O)[C@H](O)[C@@H](C)NC(=O)OCC1c2ccccc2-c2ccccc21. The number of aliphatic hydroxyl groups excluding tert-OH is 1. The summed E-state index contributed by atoms with van der Waals surface area (Å²) in [5.74, 6) is -2.17. The fourth-order valence-corrected chi connectivity index (χ4v) is 3.49. The third kappa shape index (κ3) is 3.80. The quantitative estimate of drug-likeness (QED) is 0.727. The number of alkyl carbamates (subject to hydrolysis) is 1. The highest BCUT2D eigenvalue weighted by molar-refractivity contribution is 5.79. The van der Waals surface area contributed by atoms with Gasteiger partial charge in [-0.2, -0.15) is 0 Å². The van der Waals surface area contributed by atoms with Gasteiger partial charge < -0.3 is 20.3 Å². The second-order valence-corrected chi connectivity index (χ2v) is 6.88. The summed E-state index contributed by atoms with van der Waals surface area (Å²) in [6.07, 6.45) is -1.89. The third-order valence-corrected chi connectivity index (χ3v) is 5.10. The monoisotopic (exact) mass is 369 g/mol. The number of carbonyl (C=O) groups is 2. The predicted octanol–water partition coefficient (Wildman–Crippen LogP) is 3.00. The number of carbonyl (C=O) groups excluding carboxylic acids is 1. The first-order valence-corrected chi connectivity index (χ1v) is 8.92. The lowest BCUT2D eigenvalue weighted by Gasteiger charge is -2.23. The van der Waals surface area contributed by atoms with E-state index in [1.54, 1.807) is 6.92 Å². The van der Waals surface area contributed by atoms with E-state index in [0.29, 0.717) is 0 Å². The van der Waals surface area contributed by atoms with E-state index in [1.165, 1.54) is 6.92 Å². The summed E-state index contributed by atoms with van der Waals surface area (Å²) >= 11 is 0. The van der Waals surface area contributed by atoms with Gasteiger partial charge in [0.1, 0.15) is 6.61 Å². The molecule has 6 nitrogen and oxygen atoms in total. The number of aliphatic carboxylic acids is 1. The highest BCUT2D eigenvalue weighted by Gasteiger charge is 2.30. The zero-order valence-electron chi connectivity index (χ0n) is 15.3. The van der Waals surface area contributed by atoms with Gasteiger partial charge in [-0.15, -0.1) is 0 Å². The van der Waals surface area contributed by atoms with Crippen molar-refractivity contribution in [2.24, 2.45) is 5.92 Å². The lowest BCUT2D eigenvalue weighted by Crippen LogP contribution is -2.46. The van der Waals surface area contributed by atoms with Gasteiger partial charge in [-0.1, -0.05) is 48.5 Å². The van der Waals surface area contributed by atoms with Crippen LogP contribution < -0.4 is 5.32 Å². The van der Waals surface area contributed by atoms with Gasteiger partial charge in [0.05, 0.1) is 18.1 Å². The molecular weight excluding hydrogens is 346 g/mol. The smallest absolute Gasteiger partial charge is 0.407 e. The highest BCUT2D eigenvalue weighted by Crippen LogP contribution is 2.44. The minimum atomic E-state index is -1.21. The van der Waals surface area contributed by atoms with E-state index in [4.69, 9.17) is 9.84 Å². The van der Waals surface area contributed by atoms with Crippen LogP contribution in [0.1, 0.15) is 30.9 Å². The van der Waals surface area contributed by atoms with Crippen LogP contribution in [0.25, 0.3) is 11.1 Å². The molecule has 0 bridgehead atoms. The molecule has 2 aromatic rings. The summed E-state index contributed by atoms with van der Waals surface area (Å²) in [6, 6.07) is 15.3. The minimum absolute atomic E-state index is 0.0543. The lowest BCUT2D eigenvalue weighted by atomic mass is 9.98. The van der Waals surface area contributed by atoms with Crippen LogP contribution in [0.15, 0.2) is 48.5 Å². The van der Waals surface area contributed by atoms with Crippen molar-refractivity contribution in [1.29, 1.82) is 0 Å². The van der Waals surface area contributed by atoms with Crippen molar-refractivity contribution < 1.29 is 24.5 Å². The van der Waals surface area contributed by atoms with Crippen LogP contribution >= 0.6 is 0 Å². The van der Waals surface area contributed by atoms with E-state index in [0.717, 1.165) is 22.3 Å². The van der Waals surface area contributed by atoms with Crippen molar-refractivity contribution in [1.82, 2.24) is 5.32 Å². The lowest BCUT2D eigenvalue weighted by molar-refractivity contribution is -0.145. The Kier molecular flexibility index (Phi) is 5.46. The van der Waals surface area contributed by atoms with Gasteiger partial charge in [-0.3, -0.25) is 4.79 Å². The Labute approximate surface area is 157 Å². The molecule has 1 aliphatic carbocycles. The molecule has 1 aliphatic rings. The van der Waals surface area contributed by atoms with Crippen molar-refractivity contribution in [2.75, 3.05) is 6.61 Å². The Hall–Kier alpha value is -2.86. The van der Waals surface area contributed by atoms with E-state index in [1.807, 2.05) is 36.4 Å². The summed E-state index contributed by atoms with van der Waals surface area (Å²) < 4.78 is 5.39. The average Bonchev–Trinajstić information content (AvgIpc) is 2.99. The van der Waals surface area contributed by atoms with Crippen LogP contribution in [0.3, 0.4) is 0 Å². The van der Waals surface area contributed by atoms with Crippen LogP contribution in [0.4, 0.5) is 4.79 Å². The van der Waals surface area contributed by atoms with E-state index in [2.05, 4.69) is 17.4 Å². The normalized spacial score (nSPS) is 16.0. The molecule has 3 N–H and O–H groups in total. The Morgan fingerprint density at radius 1 is 1.04 bits per heavy atom. The number of nitrogens with one attached hydrogen (secondary N) is 1. The summed E-state index contributed by atoms with van der Waals surface area (Å²) in [5.41, 5.74) is 4.50. The summed E-state index contributed by atoms with van der Waals surface area (Å²) in [6.45, 7) is 3.10. The maximum Gasteiger partial charge on any atom is 0.407 e. The molecule has 0 fully saturated rings. The van der Waals surface area contributed by atoms with E-state index < -0.39 is 30.1 Å². The van der Waals surface area contributed by atoms with Crippen LogP contribution in [-0.2, 0) is 9.53 Å². The Bertz CT molecular complexity index is 804. The summed E-state index contributed by atoms with van der Waals surface area (Å²) in [7, 11) is 0. The molecule has 1 amide bonds. The van der Waals surface area contributed by atoms with Crippen molar-refractivity contribution in [2.45, 2.75) is 31.9 Å². The number of hydrogen-bond acceptors (Lipinski definition) is 4. The molecule has 0 unspecified atom stereocenters. The number of rotatable bonds is 6. The molecule has 0 saturated carbocycles. The minimum Gasteiger partial charge on any atom is -0.481 e. The first-order chi connectivity index (χ1) is 12.9. The van der Waals surface area contributed by atoms with Gasteiger partial charge in [-0.05, 0) is 36.1 Å². The Morgan fingerprint density at radius 2 is 1.56 bits per heavy atom. The second-order valence-electron chi connectivity index (χ2n) is 6.88. The molecule has 0 aromatic heterocycles. The summed E-state index contributed by atoms with van der Waals surface area (Å²) in [4.78, 5) is 23.1. The standard InChI is InChI=1S/C21H23NO5/c1-12(20(24)25)19(23)13(2)22-21(26)27-11-18-16-9-5-3-7-14(16)15-8-4-6-10-17(15)18/h3-10,12-13,18-19,23H,11H2,1-2H3,(H,22,26)(H,24,25)/t12-,13+,19-/m0/s1. The number of ether oxygens (including phenoxy) is 1. The molecule has 0 aliphatic heterocycles. The topological polar surface area (TPSA) is 95.9 Å². The van der Waals surface area contributed by atoms with Gasteiger partial charge in [0.15, 0.2) is 0 Å². The fourth-order valence-electron chi connectivity index (χ4n) is 3.49. The number of hydrogen-bond donors (Lipinski definition) is 3. The zero-order valence-corrected chi connectivity index (χ0v) is 15.3. The number of benzene rings is 2. The summed E-state index contributed by atoms with van der Waals surface area (Å²) in [5, 5.41) is 21.5. The van der Waals surface area contributed by atoms with Crippen molar-refractivity contribution >= 4 is 12.1 Å². The zero-order chi connectivity index (χ0) is 19.6. The van der Waals surface area contributed by atoms with Crippen LogP contribution in [0, 0.1) is 5.92 Å². The molecule has 0 saturated heterocycles. The van der Waals surface area contributed by atoms with Gasteiger partial charge in [-0.25, -0.2) is 4.79 Å². The fraction of sp³-hybridized carbons (Fsp3) is 0.333. The molecule has 3 atom stereocenters. The molecule has 27 heavy (non-hydrogen) atoms. The Balaban J connectivity index is 1.65. The number of carboxylic acids is 1. The molecule has 0 heterocycles. The van der Waals surface area contributed by atoms with E-state index >= 15 is 0 Å². The number of aliphatic hydroxyl groups is 1. The molecule has 2 aromatic carbocycles. The second kappa shape index (κ2) is 7.80. The van der Waals surface area contributed by atoms with Crippen molar-refractivity contribution in [3.63, 3.8) is 0 Å². The Morgan fingerprint density at radius 3 is 2.07 bits per heavy atom. The van der Waals surface area contributed by atoms with Crippen LogP contribution in [0.2, 0.25) is 0 Å². The predicted molar refractivity (Wildman–Crippen MR) is 100 cm³/mol. The number of fused-ring (bicyclic) bond motifs is 3.